The number of aromatic hydroxyl groups is 1. The minimum absolute atomic E-state index is 0.116. The van der Waals surface area contributed by atoms with Crippen LogP contribution in [0.25, 0.3) is 28.2 Å². The Morgan fingerprint density at radius 3 is 2.65 bits per heavy atom. The first kappa shape index (κ1) is 24.9. The van der Waals surface area contributed by atoms with E-state index >= 15 is 0 Å². The van der Waals surface area contributed by atoms with Gasteiger partial charge in [-0.25, -0.2) is 4.98 Å². The molecular formula is C30H23BN6O3. The molecule has 0 fully saturated rings. The minimum Gasteiger partial charge on any atom is -0.507 e. The van der Waals surface area contributed by atoms with Gasteiger partial charge < -0.3 is 20.3 Å². The molecule has 3 heterocycles. The summed E-state index contributed by atoms with van der Waals surface area (Å²) in [7, 11) is 6.11. The maximum atomic E-state index is 13.3. The zero-order valence-corrected chi connectivity index (χ0v) is 21.5. The third-order valence-electron chi connectivity index (χ3n) is 6.47. The molecule has 3 N–H and O–H groups in total. The van der Waals surface area contributed by atoms with Crippen LogP contribution in [-0.2, 0) is 6.54 Å². The molecular weight excluding hydrogens is 503 g/mol. The molecule has 3 aromatic heterocycles. The van der Waals surface area contributed by atoms with Crippen molar-refractivity contribution in [2.45, 2.75) is 13.5 Å². The van der Waals surface area contributed by atoms with Crippen molar-refractivity contribution in [3.8, 4) is 28.3 Å². The van der Waals surface area contributed by atoms with Gasteiger partial charge in [-0.05, 0) is 42.2 Å². The van der Waals surface area contributed by atoms with Gasteiger partial charge in [0.15, 0.2) is 5.65 Å². The van der Waals surface area contributed by atoms with E-state index in [1.54, 1.807) is 35.7 Å². The summed E-state index contributed by atoms with van der Waals surface area (Å²) in [5, 5.41) is 25.2. The molecule has 0 spiro atoms. The van der Waals surface area contributed by atoms with Crippen LogP contribution in [0.1, 0.15) is 21.7 Å². The summed E-state index contributed by atoms with van der Waals surface area (Å²) in [6.07, 6.45) is 1.54. The van der Waals surface area contributed by atoms with Gasteiger partial charge >= 0.3 is 0 Å². The van der Waals surface area contributed by atoms with E-state index in [1.807, 2.05) is 60.7 Å². The quantitative estimate of drug-likeness (QED) is 0.258. The predicted molar refractivity (Wildman–Crippen MR) is 154 cm³/mol. The monoisotopic (exact) mass is 526 g/mol. The Balaban J connectivity index is 1.24. The van der Waals surface area contributed by atoms with Gasteiger partial charge in [-0.1, -0.05) is 59.8 Å². The van der Waals surface area contributed by atoms with Gasteiger partial charge in [-0.15, -0.1) is 0 Å². The molecule has 40 heavy (non-hydrogen) atoms. The van der Waals surface area contributed by atoms with Gasteiger partial charge in [0.25, 0.3) is 5.91 Å². The van der Waals surface area contributed by atoms with Crippen LogP contribution in [0.3, 0.4) is 0 Å². The fraction of sp³-hybridized carbons (Fsp3) is 0.0667. The average Bonchev–Trinajstić information content (AvgIpc) is 3.55. The molecule has 0 aliphatic carbocycles. The Bertz CT molecular complexity index is 1850. The fourth-order valence-electron chi connectivity index (χ4n) is 4.51. The number of hydrogen-bond donors (Lipinski definition) is 3. The maximum Gasteiger partial charge on any atom is 0.261 e. The number of carbonyl (C=O) groups excluding carboxylic acids is 1. The minimum atomic E-state index is -0.308. The number of nitrogens with zero attached hydrogens (tertiary/aromatic N) is 4. The van der Waals surface area contributed by atoms with Crippen molar-refractivity contribution in [3.05, 3.63) is 108 Å². The zero-order chi connectivity index (χ0) is 27.6. The van der Waals surface area contributed by atoms with E-state index in [1.165, 1.54) is 6.20 Å². The molecule has 6 aromatic rings. The number of hydrogen-bond acceptors (Lipinski definition) is 7. The smallest absolute Gasteiger partial charge is 0.261 e. The van der Waals surface area contributed by atoms with Crippen LogP contribution in [0.15, 0.2) is 95.6 Å². The maximum absolute atomic E-state index is 13.3. The Hall–Kier alpha value is -5.38. The lowest BCUT2D eigenvalue weighted by atomic mass is 10.0. The van der Waals surface area contributed by atoms with Crippen LogP contribution in [0, 0.1) is 6.92 Å². The highest BCUT2D eigenvalue weighted by molar-refractivity contribution is 6.36. The Morgan fingerprint density at radius 2 is 1.82 bits per heavy atom. The van der Waals surface area contributed by atoms with E-state index < -0.39 is 0 Å². The summed E-state index contributed by atoms with van der Waals surface area (Å²) in [4.78, 5) is 17.9. The molecule has 0 aliphatic heterocycles. The van der Waals surface area contributed by atoms with Gasteiger partial charge in [-0.2, -0.15) is 9.61 Å². The summed E-state index contributed by atoms with van der Waals surface area (Å²) >= 11 is 0. The Labute approximate surface area is 230 Å². The van der Waals surface area contributed by atoms with Gasteiger partial charge in [-0.3, -0.25) is 4.79 Å². The van der Waals surface area contributed by atoms with Crippen molar-refractivity contribution < 1.29 is 14.4 Å². The standard InChI is InChI=1S/C30H23BN6O3/c1-18-27(28(36-40-18)20-9-3-2-4-10-20)30(39)34-21-11-7-8-19(14-21)16-32-26-15-24(22-12-5-6-13-25(22)38)35-29-23(31)17-33-37(26)29/h2-15,17,32,38H,16H2,1H3,(H,34,39). The number of aryl methyl sites for hydroxylation is 1. The Kier molecular flexibility index (Phi) is 6.49. The first-order valence-corrected chi connectivity index (χ1v) is 12.6. The molecule has 1 amide bonds. The number of para-hydroxylation sites is 1. The van der Waals surface area contributed by atoms with Gasteiger partial charge in [0, 0.05) is 35.6 Å². The second-order valence-corrected chi connectivity index (χ2v) is 9.22. The largest absolute Gasteiger partial charge is 0.507 e. The number of phenols is 1. The Morgan fingerprint density at radius 1 is 1.02 bits per heavy atom. The number of nitrogens with one attached hydrogen (secondary N) is 2. The van der Waals surface area contributed by atoms with Crippen molar-refractivity contribution in [2.24, 2.45) is 0 Å². The normalized spacial score (nSPS) is 11.0. The number of phenolic OH excluding ortho intramolecular Hbond substituents is 1. The lowest BCUT2D eigenvalue weighted by Gasteiger charge is -2.13. The third-order valence-corrected chi connectivity index (χ3v) is 6.47. The topological polar surface area (TPSA) is 118 Å². The molecule has 0 saturated heterocycles. The van der Waals surface area contributed by atoms with E-state index in [2.05, 4.69) is 25.9 Å². The van der Waals surface area contributed by atoms with E-state index in [0.717, 1.165) is 11.1 Å². The summed E-state index contributed by atoms with van der Waals surface area (Å²) in [6.45, 7) is 2.14. The van der Waals surface area contributed by atoms with Crippen molar-refractivity contribution in [1.29, 1.82) is 0 Å². The number of amides is 1. The lowest BCUT2D eigenvalue weighted by molar-refractivity contribution is 0.102. The third kappa shape index (κ3) is 4.78. The van der Waals surface area contributed by atoms with Crippen molar-refractivity contribution in [1.82, 2.24) is 19.8 Å². The fourth-order valence-corrected chi connectivity index (χ4v) is 4.51. The molecule has 0 aliphatic rings. The van der Waals surface area contributed by atoms with Crippen molar-refractivity contribution in [2.75, 3.05) is 10.6 Å². The molecule has 0 saturated carbocycles. The summed E-state index contributed by atoms with van der Waals surface area (Å²) in [5.41, 5.74) is 5.26. The van der Waals surface area contributed by atoms with Crippen molar-refractivity contribution in [3.63, 3.8) is 0 Å². The number of aromatic nitrogens is 4. The first-order chi connectivity index (χ1) is 19.5. The molecule has 10 heteroatoms. The highest BCUT2D eigenvalue weighted by Gasteiger charge is 2.22. The lowest BCUT2D eigenvalue weighted by Crippen LogP contribution is -2.14. The summed E-state index contributed by atoms with van der Waals surface area (Å²) in [6, 6.07) is 25.7. The molecule has 0 atom stereocenters. The van der Waals surface area contributed by atoms with Gasteiger partial charge in [0.05, 0.1) is 5.69 Å². The number of anilines is 2. The molecule has 6 rings (SSSR count). The number of rotatable bonds is 7. The first-order valence-electron chi connectivity index (χ1n) is 12.6. The van der Waals surface area contributed by atoms with Crippen LogP contribution in [0.2, 0.25) is 0 Å². The number of carbonyl (C=O) groups is 1. The van der Waals surface area contributed by atoms with Crippen LogP contribution in [-0.4, -0.2) is 38.6 Å². The van der Waals surface area contributed by atoms with Crippen LogP contribution in [0.5, 0.6) is 5.75 Å². The van der Waals surface area contributed by atoms with Gasteiger partial charge in [0.1, 0.15) is 36.4 Å². The molecule has 3 aromatic carbocycles. The van der Waals surface area contributed by atoms with Crippen LogP contribution in [0.4, 0.5) is 11.5 Å². The summed E-state index contributed by atoms with van der Waals surface area (Å²) in [5.74, 6) is 0.889. The zero-order valence-electron chi connectivity index (χ0n) is 21.5. The van der Waals surface area contributed by atoms with Crippen LogP contribution >= 0.6 is 0 Å². The second-order valence-electron chi connectivity index (χ2n) is 9.22. The number of fused-ring (bicyclic) bond motifs is 1. The second kappa shape index (κ2) is 10.4. The van der Waals surface area contributed by atoms with E-state index in [4.69, 9.17) is 12.4 Å². The van der Waals surface area contributed by atoms with E-state index in [9.17, 15) is 9.90 Å². The SMILES string of the molecule is [B]c1cnn2c(NCc3cccc(NC(=O)c4c(-c5ccccc5)noc4C)c3)cc(-c3ccccc3O)nc12. The van der Waals surface area contributed by atoms with Crippen molar-refractivity contribution >= 4 is 36.4 Å². The molecule has 9 nitrogen and oxygen atoms in total. The van der Waals surface area contributed by atoms with Gasteiger partial charge in [0.2, 0.25) is 0 Å². The van der Waals surface area contributed by atoms with E-state index in [-0.39, 0.29) is 11.7 Å². The van der Waals surface area contributed by atoms with E-state index in [0.29, 0.717) is 57.4 Å². The molecule has 2 radical (unpaired) electrons. The average molecular weight is 526 g/mol. The molecule has 194 valence electrons. The predicted octanol–water partition coefficient (Wildman–Crippen LogP) is 4.72. The number of benzene rings is 3. The highest BCUT2D eigenvalue weighted by atomic mass is 16.5. The molecule has 0 bridgehead atoms. The molecule has 0 unspecified atom stereocenters. The summed E-state index contributed by atoms with van der Waals surface area (Å²) < 4.78 is 6.96. The highest BCUT2D eigenvalue weighted by Crippen LogP contribution is 2.30. The van der Waals surface area contributed by atoms with Crippen LogP contribution < -0.4 is 16.1 Å².